The predicted molar refractivity (Wildman–Crippen MR) is 132 cm³/mol. The van der Waals surface area contributed by atoms with E-state index in [0.717, 1.165) is 37.2 Å². The van der Waals surface area contributed by atoms with Gasteiger partial charge < -0.3 is 13.9 Å². The largest absolute Gasteiger partial charge is 0.489 e. The molecule has 0 radical (unpaired) electrons. The molecular weight excluding hydrogens is 447 g/mol. The first kappa shape index (κ1) is 24.6. The van der Waals surface area contributed by atoms with Crippen molar-refractivity contribution in [1.82, 2.24) is 0 Å². The third-order valence-corrected chi connectivity index (χ3v) is 11.4. The van der Waals surface area contributed by atoms with Crippen molar-refractivity contribution in [2.75, 3.05) is 6.61 Å². The van der Waals surface area contributed by atoms with Crippen LogP contribution in [0, 0.1) is 0 Å². The van der Waals surface area contributed by atoms with Gasteiger partial charge in [-0.1, -0.05) is 62.2 Å². The summed E-state index contributed by atoms with van der Waals surface area (Å²) in [5, 5.41) is 1.31. The fraction of sp³-hybridized carbons (Fsp3) is 0.520. The molecule has 2 aromatic carbocycles. The van der Waals surface area contributed by atoms with Gasteiger partial charge in [0.1, 0.15) is 12.4 Å². The van der Waals surface area contributed by atoms with Crippen LogP contribution in [0.5, 0.6) is 5.75 Å². The van der Waals surface area contributed by atoms with Crippen LogP contribution in [0.4, 0.5) is 0 Å². The molecule has 2 aromatic rings. The average molecular weight is 482 g/mol. The van der Waals surface area contributed by atoms with Crippen LogP contribution in [0.25, 0.3) is 0 Å². The first-order chi connectivity index (χ1) is 14.5. The molecule has 0 spiro atoms. The van der Waals surface area contributed by atoms with E-state index in [-0.39, 0.29) is 11.1 Å². The molecule has 170 valence electrons. The zero-order valence-corrected chi connectivity index (χ0v) is 21.7. The summed E-state index contributed by atoms with van der Waals surface area (Å²) in [6, 6.07) is 13.8. The van der Waals surface area contributed by atoms with Crippen LogP contribution < -0.4 is 4.74 Å². The second-order valence-electron chi connectivity index (χ2n) is 9.83. The Hall–Kier alpha value is -1.04. The molecule has 31 heavy (non-hydrogen) atoms. The van der Waals surface area contributed by atoms with E-state index >= 15 is 0 Å². The number of rotatable bonds is 10. The van der Waals surface area contributed by atoms with Crippen molar-refractivity contribution in [2.45, 2.75) is 77.0 Å². The molecule has 1 atom stereocenters. The molecule has 6 heteroatoms. The third-order valence-electron chi connectivity index (χ3n) is 6.17. The van der Waals surface area contributed by atoms with E-state index < -0.39 is 8.32 Å². The second kappa shape index (κ2) is 10.3. The number of halogens is 2. The molecule has 0 N–H and O–H groups in total. The van der Waals surface area contributed by atoms with Gasteiger partial charge in [0, 0.05) is 6.61 Å². The highest BCUT2D eigenvalue weighted by atomic mass is 35.5. The molecule has 1 saturated carbocycles. The van der Waals surface area contributed by atoms with E-state index in [1.165, 1.54) is 5.56 Å². The van der Waals surface area contributed by atoms with Crippen molar-refractivity contribution in [1.29, 1.82) is 0 Å². The van der Waals surface area contributed by atoms with Gasteiger partial charge in [-0.2, -0.15) is 0 Å². The zero-order valence-electron chi connectivity index (χ0n) is 19.2. The summed E-state index contributed by atoms with van der Waals surface area (Å²) in [5.41, 5.74) is 2.16. The molecular formula is C25H34Cl2O3Si. The van der Waals surface area contributed by atoms with Gasteiger partial charge in [0.25, 0.3) is 0 Å². The lowest BCUT2D eigenvalue weighted by Crippen LogP contribution is -2.41. The zero-order chi connectivity index (χ0) is 22.6. The van der Waals surface area contributed by atoms with Crippen LogP contribution in [0.1, 0.15) is 57.3 Å². The molecule has 1 aliphatic carbocycles. The topological polar surface area (TPSA) is 27.7 Å². The fourth-order valence-corrected chi connectivity index (χ4v) is 4.34. The number of ether oxygens (including phenoxy) is 2. The lowest BCUT2D eigenvalue weighted by Gasteiger charge is -2.36. The van der Waals surface area contributed by atoms with Gasteiger partial charge in [0.15, 0.2) is 8.32 Å². The Morgan fingerprint density at radius 3 is 2.26 bits per heavy atom. The predicted octanol–water partition coefficient (Wildman–Crippen LogP) is 8.20. The van der Waals surface area contributed by atoms with Crippen molar-refractivity contribution in [3.05, 3.63) is 63.6 Å². The smallest absolute Gasteiger partial charge is 0.191 e. The summed E-state index contributed by atoms with van der Waals surface area (Å²) in [6.07, 6.45) is 3.63. The van der Waals surface area contributed by atoms with Crippen LogP contribution >= 0.6 is 23.2 Å². The minimum Gasteiger partial charge on any atom is -0.489 e. The summed E-state index contributed by atoms with van der Waals surface area (Å²) in [7, 11) is -1.75. The summed E-state index contributed by atoms with van der Waals surface area (Å²) >= 11 is 12.1. The Labute approximate surface area is 198 Å². The Morgan fingerprint density at radius 2 is 1.68 bits per heavy atom. The highest BCUT2D eigenvalue weighted by molar-refractivity contribution is 6.74. The normalized spacial score (nSPS) is 15.7. The van der Waals surface area contributed by atoms with Crippen molar-refractivity contribution in [3.63, 3.8) is 0 Å². The van der Waals surface area contributed by atoms with Crippen molar-refractivity contribution >= 4 is 31.5 Å². The van der Waals surface area contributed by atoms with E-state index in [2.05, 4.69) is 46.0 Å². The number of benzene rings is 2. The Bertz CT molecular complexity index is 858. The van der Waals surface area contributed by atoms with Gasteiger partial charge in [-0.25, -0.2) is 0 Å². The number of hydrogen-bond donors (Lipinski definition) is 0. The first-order valence-corrected chi connectivity index (χ1v) is 14.7. The van der Waals surface area contributed by atoms with E-state index in [1.54, 1.807) is 6.07 Å². The summed E-state index contributed by atoms with van der Waals surface area (Å²) < 4.78 is 18.6. The minimum absolute atomic E-state index is 0.0568. The fourth-order valence-electron chi connectivity index (χ4n) is 2.96. The van der Waals surface area contributed by atoms with Crippen LogP contribution in [0.3, 0.4) is 0 Å². The van der Waals surface area contributed by atoms with Gasteiger partial charge in [0.2, 0.25) is 0 Å². The highest BCUT2D eigenvalue weighted by Crippen LogP contribution is 2.38. The van der Waals surface area contributed by atoms with Gasteiger partial charge in [-0.05, 0) is 72.8 Å². The SMILES string of the molecule is CC(C)(C)[Si](C)(C)OCCC(OC1CC1)c1ccc(OCc2ccc(Cl)c(Cl)c2)cc1. The maximum absolute atomic E-state index is 6.39. The second-order valence-corrected chi connectivity index (χ2v) is 15.5. The summed E-state index contributed by atoms with van der Waals surface area (Å²) in [4.78, 5) is 0. The minimum atomic E-state index is -1.75. The van der Waals surface area contributed by atoms with E-state index in [0.29, 0.717) is 22.8 Å². The quantitative estimate of drug-likeness (QED) is 0.320. The molecule has 0 bridgehead atoms. The van der Waals surface area contributed by atoms with Gasteiger partial charge in [-0.15, -0.1) is 0 Å². The summed E-state index contributed by atoms with van der Waals surface area (Å²) in [5.74, 6) is 0.817. The maximum Gasteiger partial charge on any atom is 0.191 e. The van der Waals surface area contributed by atoms with E-state index in [1.807, 2.05) is 24.3 Å². The molecule has 1 fully saturated rings. The van der Waals surface area contributed by atoms with Crippen LogP contribution in [0.15, 0.2) is 42.5 Å². The lowest BCUT2D eigenvalue weighted by atomic mass is 10.1. The summed E-state index contributed by atoms with van der Waals surface area (Å²) in [6.45, 7) is 12.6. The van der Waals surface area contributed by atoms with Crippen molar-refractivity contribution in [3.8, 4) is 5.75 Å². The van der Waals surface area contributed by atoms with Gasteiger partial charge in [0.05, 0.1) is 22.3 Å². The first-order valence-electron chi connectivity index (χ1n) is 11.0. The molecule has 1 aliphatic rings. The van der Waals surface area contributed by atoms with Crippen LogP contribution in [-0.4, -0.2) is 21.0 Å². The molecule has 0 aromatic heterocycles. The molecule has 0 heterocycles. The van der Waals surface area contributed by atoms with Crippen LogP contribution in [0.2, 0.25) is 28.2 Å². The Balaban J connectivity index is 1.58. The van der Waals surface area contributed by atoms with Crippen LogP contribution in [-0.2, 0) is 15.8 Å². The molecule has 3 nitrogen and oxygen atoms in total. The molecule has 1 unspecified atom stereocenters. The number of hydrogen-bond acceptors (Lipinski definition) is 3. The average Bonchev–Trinajstić information content (AvgIpc) is 3.52. The monoisotopic (exact) mass is 480 g/mol. The van der Waals surface area contributed by atoms with E-state index in [9.17, 15) is 0 Å². The van der Waals surface area contributed by atoms with Gasteiger partial charge >= 0.3 is 0 Å². The third kappa shape index (κ3) is 7.23. The highest BCUT2D eigenvalue weighted by Gasteiger charge is 2.37. The van der Waals surface area contributed by atoms with Crippen molar-refractivity contribution in [2.24, 2.45) is 0 Å². The van der Waals surface area contributed by atoms with Crippen molar-refractivity contribution < 1.29 is 13.9 Å². The maximum atomic E-state index is 6.39. The molecule has 0 aliphatic heterocycles. The van der Waals surface area contributed by atoms with E-state index in [4.69, 9.17) is 37.1 Å². The Kier molecular flexibility index (Phi) is 8.14. The molecule has 0 saturated heterocycles. The van der Waals surface area contributed by atoms with Gasteiger partial charge in [-0.3, -0.25) is 0 Å². The molecule has 3 rings (SSSR count). The molecule has 0 amide bonds. The standard InChI is InChI=1S/C25H34Cl2O3Si/c1-25(2,3)31(4,5)29-15-14-24(30-21-11-12-21)19-7-9-20(10-8-19)28-17-18-6-13-22(26)23(27)16-18/h6-10,13,16,21,24H,11-12,14-15,17H2,1-5H3. The lowest BCUT2D eigenvalue weighted by molar-refractivity contribution is 0.0235. The Morgan fingerprint density at radius 1 is 1.00 bits per heavy atom.